The molecule has 0 aromatic carbocycles. The number of likely N-dealkylation sites (tertiary alicyclic amines) is 1. The lowest BCUT2D eigenvalue weighted by atomic mass is 10.2. The lowest BCUT2D eigenvalue weighted by Gasteiger charge is -2.11. The fourth-order valence-electron chi connectivity index (χ4n) is 1.51. The van der Waals surface area contributed by atoms with Gasteiger partial charge in [-0.05, 0) is 39.5 Å². The van der Waals surface area contributed by atoms with Crippen molar-refractivity contribution in [2.45, 2.75) is 18.9 Å². The molecule has 0 radical (unpaired) electrons. The maximum atomic E-state index is 5.39. The number of hydrogen-bond donors (Lipinski definition) is 2. The Hall–Kier alpha value is -0.120. The van der Waals surface area contributed by atoms with Crippen LogP contribution in [0.1, 0.15) is 12.8 Å². The Morgan fingerprint density at radius 3 is 3.00 bits per heavy atom. The molecule has 0 amide bonds. The molecule has 0 spiro atoms. The van der Waals surface area contributed by atoms with Gasteiger partial charge in [0.2, 0.25) is 0 Å². The van der Waals surface area contributed by atoms with E-state index in [9.17, 15) is 0 Å². The van der Waals surface area contributed by atoms with Gasteiger partial charge in [0.25, 0.3) is 0 Å². The Bertz CT molecular complexity index is 106. The van der Waals surface area contributed by atoms with Crippen LogP contribution >= 0.6 is 0 Å². The molecule has 0 bridgehead atoms. The molecule has 0 aliphatic carbocycles. The number of nitrogens with two attached hydrogens (primary N) is 1. The van der Waals surface area contributed by atoms with Gasteiger partial charge < -0.3 is 16.0 Å². The molecule has 3 nitrogen and oxygen atoms in total. The summed E-state index contributed by atoms with van der Waals surface area (Å²) in [6.07, 6.45) is 2.39. The van der Waals surface area contributed by atoms with Gasteiger partial charge in [0.05, 0.1) is 0 Å². The van der Waals surface area contributed by atoms with E-state index in [1.807, 2.05) is 0 Å². The van der Waals surface area contributed by atoms with Crippen LogP contribution in [0.4, 0.5) is 0 Å². The van der Waals surface area contributed by atoms with Crippen LogP contribution in [-0.2, 0) is 0 Å². The molecule has 1 atom stereocenters. The van der Waals surface area contributed by atoms with Gasteiger partial charge in [0.1, 0.15) is 0 Å². The minimum atomic E-state index is 0.714. The van der Waals surface area contributed by atoms with E-state index in [4.69, 9.17) is 5.73 Å². The number of rotatable bonds is 4. The van der Waals surface area contributed by atoms with Crippen molar-refractivity contribution in [2.75, 3.05) is 33.2 Å². The van der Waals surface area contributed by atoms with Crippen molar-refractivity contribution in [3.05, 3.63) is 0 Å². The Kier molecular flexibility index (Phi) is 3.83. The molecule has 66 valence electrons. The molecule has 1 fully saturated rings. The van der Waals surface area contributed by atoms with E-state index in [-0.39, 0.29) is 0 Å². The van der Waals surface area contributed by atoms with Crippen molar-refractivity contribution in [2.24, 2.45) is 5.73 Å². The van der Waals surface area contributed by atoms with Gasteiger partial charge in [0.15, 0.2) is 0 Å². The van der Waals surface area contributed by atoms with Crippen molar-refractivity contribution in [3.63, 3.8) is 0 Å². The standard InChI is InChI=1S/C8H19N3/c1-11-6-3-8(7-11)10-5-2-4-9/h8,10H,2-7,9H2,1H3. The van der Waals surface area contributed by atoms with Crippen molar-refractivity contribution >= 4 is 0 Å². The minimum Gasteiger partial charge on any atom is -0.330 e. The van der Waals surface area contributed by atoms with Crippen molar-refractivity contribution < 1.29 is 0 Å². The highest BCUT2D eigenvalue weighted by atomic mass is 15.2. The summed E-state index contributed by atoms with van der Waals surface area (Å²) in [5.74, 6) is 0. The predicted octanol–water partition coefficient (Wildman–Crippen LogP) is -0.371. The normalized spacial score (nSPS) is 26.2. The highest BCUT2D eigenvalue weighted by Gasteiger charge is 2.17. The quantitative estimate of drug-likeness (QED) is 0.547. The zero-order chi connectivity index (χ0) is 8.10. The van der Waals surface area contributed by atoms with Crippen LogP contribution in [0.5, 0.6) is 0 Å². The first-order valence-corrected chi connectivity index (χ1v) is 4.45. The van der Waals surface area contributed by atoms with E-state index in [1.54, 1.807) is 0 Å². The van der Waals surface area contributed by atoms with Crippen molar-refractivity contribution in [3.8, 4) is 0 Å². The SMILES string of the molecule is CN1CCC(NCCCN)C1. The molecular weight excluding hydrogens is 138 g/mol. The molecule has 1 aliphatic rings. The number of likely N-dealkylation sites (N-methyl/N-ethyl adjacent to an activating group) is 1. The zero-order valence-electron chi connectivity index (χ0n) is 7.34. The van der Waals surface area contributed by atoms with Gasteiger partial charge in [-0.1, -0.05) is 0 Å². The summed E-state index contributed by atoms with van der Waals surface area (Å²) in [5, 5.41) is 3.49. The molecule has 0 aromatic heterocycles. The third kappa shape index (κ3) is 3.18. The Balaban J connectivity index is 1.99. The monoisotopic (exact) mass is 157 g/mol. The fourth-order valence-corrected chi connectivity index (χ4v) is 1.51. The van der Waals surface area contributed by atoms with Crippen LogP contribution < -0.4 is 11.1 Å². The Morgan fingerprint density at radius 1 is 1.64 bits per heavy atom. The summed E-state index contributed by atoms with van der Waals surface area (Å²) in [6.45, 7) is 4.31. The topological polar surface area (TPSA) is 41.3 Å². The second kappa shape index (κ2) is 4.70. The third-order valence-corrected chi connectivity index (χ3v) is 2.21. The molecule has 1 rings (SSSR count). The molecule has 0 saturated carbocycles. The van der Waals surface area contributed by atoms with Crippen LogP contribution in [0.3, 0.4) is 0 Å². The molecule has 3 heteroatoms. The molecule has 11 heavy (non-hydrogen) atoms. The maximum Gasteiger partial charge on any atom is 0.0207 e. The van der Waals surface area contributed by atoms with Crippen molar-refractivity contribution in [1.29, 1.82) is 0 Å². The van der Waals surface area contributed by atoms with E-state index in [0.717, 1.165) is 19.5 Å². The Morgan fingerprint density at radius 2 is 2.45 bits per heavy atom. The highest BCUT2D eigenvalue weighted by Crippen LogP contribution is 2.05. The first-order valence-electron chi connectivity index (χ1n) is 4.45. The second-order valence-electron chi connectivity index (χ2n) is 3.34. The predicted molar refractivity (Wildman–Crippen MR) is 47.6 cm³/mol. The molecule has 3 N–H and O–H groups in total. The summed E-state index contributed by atoms with van der Waals surface area (Å²) in [6, 6.07) is 0.714. The maximum absolute atomic E-state index is 5.39. The molecule has 0 aromatic rings. The van der Waals surface area contributed by atoms with E-state index >= 15 is 0 Å². The van der Waals surface area contributed by atoms with Gasteiger partial charge in [0, 0.05) is 12.6 Å². The van der Waals surface area contributed by atoms with Crippen LogP contribution in [0.15, 0.2) is 0 Å². The van der Waals surface area contributed by atoms with E-state index in [2.05, 4.69) is 17.3 Å². The lowest BCUT2D eigenvalue weighted by molar-refractivity contribution is 0.398. The smallest absolute Gasteiger partial charge is 0.0207 e. The van der Waals surface area contributed by atoms with E-state index in [1.165, 1.54) is 19.5 Å². The number of hydrogen-bond acceptors (Lipinski definition) is 3. The third-order valence-electron chi connectivity index (χ3n) is 2.21. The highest BCUT2D eigenvalue weighted by molar-refractivity contribution is 4.78. The van der Waals surface area contributed by atoms with E-state index in [0.29, 0.717) is 6.04 Å². The molecular formula is C8H19N3. The summed E-state index contributed by atoms with van der Waals surface area (Å²) in [5.41, 5.74) is 5.39. The molecule has 1 saturated heterocycles. The largest absolute Gasteiger partial charge is 0.330 e. The average Bonchev–Trinajstić information content (AvgIpc) is 2.37. The summed E-state index contributed by atoms with van der Waals surface area (Å²) in [7, 11) is 2.17. The van der Waals surface area contributed by atoms with E-state index < -0.39 is 0 Å². The van der Waals surface area contributed by atoms with Crippen LogP contribution in [0.2, 0.25) is 0 Å². The molecule has 1 heterocycles. The first-order chi connectivity index (χ1) is 5.33. The van der Waals surface area contributed by atoms with Gasteiger partial charge in [-0.25, -0.2) is 0 Å². The van der Waals surface area contributed by atoms with Gasteiger partial charge >= 0.3 is 0 Å². The average molecular weight is 157 g/mol. The fraction of sp³-hybridized carbons (Fsp3) is 1.00. The van der Waals surface area contributed by atoms with Crippen LogP contribution in [0, 0.1) is 0 Å². The zero-order valence-corrected chi connectivity index (χ0v) is 7.34. The van der Waals surface area contributed by atoms with Crippen LogP contribution in [0.25, 0.3) is 0 Å². The van der Waals surface area contributed by atoms with Crippen LogP contribution in [-0.4, -0.2) is 44.2 Å². The molecule has 1 unspecified atom stereocenters. The number of nitrogens with zero attached hydrogens (tertiary/aromatic N) is 1. The first kappa shape index (κ1) is 8.97. The van der Waals surface area contributed by atoms with Gasteiger partial charge in [-0.3, -0.25) is 0 Å². The van der Waals surface area contributed by atoms with Gasteiger partial charge in [-0.2, -0.15) is 0 Å². The second-order valence-corrected chi connectivity index (χ2v) is 3.34. The Labute approximate surface area is 68.9 Å². The van der Waals surface area contributed by atoms with Gasteiger partial charge in [-0.15, -0.1) is 0 Å². The summed E-state index contributed by atoms with van der Waals surface area (Å²) < 4.78 is 0. The summed E-state index contributed by atoms with van der Waals surface area (Å²) >= 11 is 0. The van der Waals surface area contributed by atoms with Crippen molar-refractivity contribution in [1.82, 2.24) is 10.2 Å². The summed E-state index contributed by atoms with van der Waals surface area (Å²) in [4.78, 5) is 2.36. The molecule has 1 aliphatic heterocycles. The minimum absolute atomic E-state index is 0.714. The lowest BCUT2D eigenvalue weighted by Crippen LogP contribution is -2.32. The number of nitrogens with one attached hydrogen (secondary N) is 1.